The molecule has 0 aliphatic heterocycles. The molecule has 6 rings (SSSR count). The van der Waals surface area contributed by atoms with Crippen LogP contribution < -0.4 is 0 Å². The van der Waals surface area contributed by atoms with Crippen molar-refractivity contribution in [2.75, 3.05) is 0 Å². The lowest BCUT2D eigenvalue weighted by Crippen LogP contribution is -2.24. The number of benzene rings is 3. The van der Waals surface area contributed by atoms with Gasteiger partial charge in [0, 0.05) is 58.8 Å². The fourth-order valence-electron chi connectivity index (χ4n) is 5.72. The molecule has 5 aromatic rings. The molecule has 1 aliphatic carbocycles. The predicted octanol–water partition coefficient (Wildman–Crippen LogP) is 8.89. The Labute approximate surface area is 229 Å². The van der Waals surface area contributed by atoms with Gasteiger partial charge in [-0.3, -0.25) is 0 Å². The Bertz CT molecular complexity index is 1600. The molecule has 3 aromatic carbocycles. The standard InChI is InChI=1S/C29H25Br3N2O/c1-16-3-6-26-22(9-16)23-11-18(30)4-7-27(23)33(26)14-21(35)15-34-28-8-5-19(31)12-24(28)25-13-20(32)10-17(2)29(25)34/h3-9,11-13,17,21,35H,10,14-15H2,1-2H3. The topological polar surface area (TPSA) is 30.1 Å². The van der Waals surface area contributed by atoms with Gasteiger partial charge in [0.2, 0.25) is 0 Å². The van der Waals surface area contributed by atoms with Crippen LogP contribution in [0.2, 0.25) is 0 Å². The monoisotopic (exact) mass is 654 g/mol. The van der Waals surface area contributed by atoms with Crippen LogP contribution in [0.3, 0.4) is 0 Å². The van der Waals surface area contributed by atoms with Gasteiger partial charge in [-0.15, -0.1) is 0 Å². The van der Waals surface area contributed by atoms with Crippen molar-refractivity contribution in [3.05, 3.63) is 84.8 Å². The van der Waals surface area contributed by atoms with E-state index in [1.165, 1.54) is 43.0 Å². The number of aliphatic hydroxyl groups excluding tert-OH is 1. The summed E-state index contributed by atoms with van der Waals surface area (Å²) in [7, 11) is 0. The second-order valence-electron chi connectivity index (χ2n) is 9.71. The highest BCUT2D eigenvalue weighted by Crippen LogP contribution is 2.42. The minimum absolute atomic E-state index is 0.372. The van der Waals surface area contributed by atoms with E-state index in [1.807, 2.05) is 0 Å². The summed E-state index contributed by atoms with van der Waals surface area (Å²) in [5.74, 6) is 0.372. The third-order valence-electron chi connectivity index (χ3n) is 7.14. The minimum Gasteiger partial charge on any atom is -0.389 e. The molecule has 2 aromatic heterocycles. The highest BCUT2D eigenvalue weighted by atomic mass is 79.9. The van der Waals surface area contributed by atoms with E-state index in [1.54, 1.807) is 0 Å². The lowest BCUT2D eigenvalue weighted by atomic mass is 9.93. The summed E-state index contributed by atoms with van der Waals surface area (Å²) in [4.78, 5) is 0. The third kappa shape index (κ3) is 4.03. The second-order valence-corrected chi connectivity index (χ2v) is 12.6. The number of hydrogen-bond acceptors (Lipinski definition) is 1. The lowest BCUT2D eigenvalue weighted by molar-refractivity contribution is 0.137. The van der Waals surface area contributed by atoms with Gasteiger partial charge in [0.25, 0.3) is 0 Å². The van der Waals surface area contributed by atoms with Gasteiger partial charge in [0.15, 0.2) is 0 Å². The quantitative estimate of drug-likeness (QED) is 0.206. The van der Waals surface area contributed by atoms with E-state index < -0.39 is 6.10 Å². The molecule has 178 valence electrons. The van der Waals surface area contributed by atoms with Crippen LogP contribution in [0.4, 0.5) is 0 Å². The number of aromatic nitrogens is 2. The van der Waals surface area contributed by atoms with Crippen LogP contribution >= 0.6 is 47.8 Å². The normalized spacial score (nSPS) is 16.7. The van der Waals surface area contributed by atoms with Crippen LogP contribution in [0.15, 0.2) is 68.0 Å². The summed E-state index contributed by atoms with van der Waals surface area (Å²) in [6.07, 6.45) is 2.69. The smallest absolute Gasteiger partial charge is 0.0897 e. The number of rotatable bonds is 4. The van der Waals surface area contributed by atoms with Gasteiger partial charge < -0.3 is 14.2 Å². The van der Waals surface area contributed by atoms with E-state index in [0.717, 1.165) is 26.4 Å². The fraction of sp³-hybridized carbons (Fsp3) is 0.241. The van der Waals surface area contributed by atoms with Gasteiger partial charge >= 0.3 is 0 Å². The van der Waals surface area contributed by atoms with Crippen molar-refractivity contribution in [1.82, 2.24) is 9.13 Å². The Morgan fingerprint density at radius 1 is 0.829 bits per heavy atom. The molecule has 0 saturated heterocycles. The molecule has 0 saturated carbocycles. The molecule has 0 radical (unpaired) electrons. The van der Waals surface area contributed by atoms with Crippen molar-refractivity contribution in [2.45, 2.75) is 45.4 Å². The summed E-state index contributed by atoms with van der Waals surface area (Å²) in [6.45, 7) is 5.48. The summed E-state index contributed by atoms with van der Waals surface area (Å²) in [6, 6.07) is 19.4. The minimum atomic E-state index is -0.538. The van der Waals surface area contributed by atoms with Crippen molar-refractivity contribution in [3.63, 3.8) is 0 Å². The average molecular weight is 657 g/mol. The van der Waals surface area contributed by atoms with E-state index in [0.29, 0.717) is 19.0 Å². The van der Waals surface area contributed by atoms with Crippen LogP contribution in [0.1, 0.15) is 36.1 Å². The van der Waals surface area contributed by atoms with E-state index in [-0.39, 0.29) is 0 Å². The fourth-order valence-corrected chi connectivity index (χ4v) is 7.16. The molecular formula is C29H25Br3N2O. The zero-order valence-electron chi connectivity index (χ0n) is 19.5. The van der Waals surface area contributed by atoms with Crippen molar-refractivity contribution in [2.24, 2.45) is 0 Å². The predicted molar refractivity (Wildman–Crippen MR) is 157 cm³/mol. The number of hydrogen-bond donors (Lipinski definition) is 1. The SMILES string of the molecule is Cc1ccc2c(c1)c1cc(Br)ccc1n2CC(O)Cn1c2c(c3cc(Br)ccc31)C=C(Br)CC2C. The number of allylic oxidation sites excluding steroid dienone is 1. The summed E-state index contributed by atoms with van der Waals surface area (Å²) >= 11 is 11.0. The van der Waals surface area contributed by atoms with Gasteiger partial charge in [-0.25, -0.2) is 0 Å². The first-order chi connectivity index (χ1) is 16.8. The van der Waals surface area contributed by atoms with Crippen LogP contribution in [0, 0.1) is 6.92 Å². The number of fused-ring (bicyclic) bond motifs is 6. The number of aryl methyl sites for hydroxylation is 1. The molecule has 0 amide bonds. The van der Waals surface area contributed by atoms with Crippen molar-refractivity contribution < 1.29 is 5.11 Å². The molecule has 0 bridgehead atoms. The molecule has 2 atom stereocenters. The van der Waals surface area contributed by atoms with Gasteiger partial charge in [-0.1, -0.05) is 66.3 Å². The first-order valence-corrected chi connectivity index (χ1v) is 14.2. The molecular weight excluding hydrogens is 632 g/mol. The summed E-state index contributed by atoms with van der Waals surface area (Å²) in [5.41, 5.74) is 7.28. The van der Waals surface area contributed by atoms with Crippen LogP contribution in [-0.2, 0) is 13.1 Å². The van der Waals surface area contributed by atoms with Crippen LogP contribution in [0.5, 0.6) is 0 Å². The highest BCUT2D eigenvalue weighted by molar-refractivity contribution is 9.11. The highest BCUT2D eigenvalue weighted by Gasteiger charge is 2.26. The number of aliphatic hydroxyl groups is 1. The number of halogens is 3. The zero-order chi connectivity index (χ0) is 24.4. The Kier molecular flexibility index (Phi) is 5.99. The Hall–Kier alpha value is -1.86. The van der Waals surface area contributed by atoms with E-state index in [2.05, 4.69) is 131 Å². The molecule has 2 unspecified atom stereocenters. The van der Waals surface area contributed by atoms with Gasteiger partial charge in [0.05, 0.1) is 19.2 Å². The lowest BCUT2D eigenvalue weighted by Gasteiger charge is -2.23. The molecule has 1 N–H and O–H groups in total. The van der Waals surface area contributed by atoms with E-state index >= 15 is 0 Å². The van der Waals surface area contributed by atoms with Crippen LogP contribution in [-0.4, -0.2) is 20.3 Å². The first kappa shape index (κ1) is 23.5. The summed E-state index contributed by atoms with van der Waals surface area (Å²) in [5, 5.41) is 15.2. The maximum atomic E-state index is 11.5. The van der Waals surface area contributed by atoms with Gasteiger partial charge in [-0.2, -0.15) is 0 Å². The van der Waals surface area contributed by atoms with E-state index in [4.69, 9.17) is 0 Å². The Morgan fingerprint density at radius 3 is 2.11 bits per heavy atom. The zero-order valence-corrected chi connectivity index (χ0v) is 24.3. The average Bonchev–Trinajstić information content (AvgIpc) is 3.26. The maximum absolute atomic E-state index is 11.5. The van der Waals surface area contributed by atoms with Crippen molar-refractivity contribution in [1.29, 1.82) is 0 Å². The van der Waals surface area contributed by atoms with Crippen molar-refractivity contribution >= 4 is 86.6 Å². The van der Waals surface area contributed by atoms with Crippen LogP contribution in [0.25, 0.3) is 38.8 Å². The third-order valence-corrected chi connectivity index (χ3v) is 8.68. The summed E-state index contributed by atoms with van der Waals surface area (Å²) < 4.78 is 7.98. The molecule has 0 spiro atoms. The molecule has 35 heavy (non-hydrogen) atoms. The molecule has 1 aliphatic rings. The number of nitrogens with zero attached hydrogens (tertiary/aromatic N) is 2. The van der Waals surface area contributed by atoms with Crippen molar-refractivity contribution in [3.8, 4) is 0 Å². The molecule has 6 heteroatoms. The maximum Gasteiger partial charge on any atom is 0.0897 e. The molecule has 3 nitrogen and oxygen atoms in total. The molecule has 2 heterocycles. The van der Waals surface area contributed by atoms with E-state index in [9.17, 15) is 5.11 Å². The Balaban J connectivity index is 1.44. The van der Waals surface area contributed by atoms with Gasteiger partial charge in [-0.05, 0) is 72.4 Å². The Morgan fingerprint density at radius 2 is 1.40 bits per heavy atom. The largest absolute Gasteiger partial charge is 0.389 e. The van der Waals surface area contributed by atoms with Gasteiger partial charge in [0.1, 0.15) is 0 Å². The second kappa shape index (κ2) is 8.91. The molecule has 0 fully saturated rings. The first-order valence-electron chi connectivity index (χ1n) is 11.8.